The molecule has 1 aromatic heterocycles. The highest BCUT2D eigenvalue weighted by atomic mass is 79.9. The van der Waals surface area contributed by atoms with Gasteiger partial charge in [-0.05, 0) is 24.4 Å². The highest BCUT2D eigenvalue weighted by molar-refractivity contribution is 9.11. The Hall–Kier alpha value is -0.290. The van der Waals surface area contributed by atoms with Gasteiger partial charge in [0.1, 0.15) is 0 Å². The van der Waals surface area contributed by atoms with Crippen molar-refractivity contribution >= 4 is 62.4 Å². The monoisotopic (exact) mass is 336 g/mol. The number of fused-ring (bicyclic) bond motifs is 1. The fraction of sp³-hybridized carbons (Fsp3) is 0.100. The molecule has 0 saturated carbocycles. The van der Waals surface area contributed by atoms with Crippen LogP contribution in [0.1, 0.15) is 0 Å². The van der Waals surface area contributed by atoms with Crippen LogP contribution in [0.5, 0.6) is 0 Å². The van der Waals surface area contributed by atoms with E-state index in [0.717, 1.165) is 15.5 Å². The average Bonchev–Trinajstić information content (AvgIpc) is 2.45. The molecule has 16 heavy (non-hydrogen) atoms. The third kappa shape index (κ3) is 2.20. The van der Waals surface area contributed by atoms with E-state index in [1.807, 2.05) is 4.57 Å². The quantitative estimate of drug-likeness (QED) is 0.772. The molecule has 0 fully saturated rings. The minimum Gasteiger partial charge on any atom is -0.331 e. The number of aromatic amines is 1. The van der Waals surface area contributed by atoms with Gasteiger partial charge in [-0.3, -0.25) is 0 Å². The Kier molecular flexibility index (Phi) is 3.45. The van der Waals surface area contributed by atoms with Crippen molar-refractivity contribution in [3.05, 3.63) is 38.0 Å². The SMILES string of the molecule is C=C(Br)Cn1c(=S)[nH]c2cc(Cl)c(Cl)cc21. The molecule has 84 valence electrons. The molecular formula is C10H7BrCl2N2S. The standard InChI is InChI=1S/C10H7BrCl2N2S/c1-5(11)4-15-9-3-7(13)6(12)2-8(9)14-10(15)16/h2-3H,1,4H2,(H,14,16). The fourth-order valence-corrected chi connectivity index (χ4v) is 2.33. The number of allylic oxidation sites excluding steroid dienone is 1. The summed E-state index contributed by atoms with van der Waals surface area (Å²) < 4.78 is 3.37. The zero-order valence-electron chi connectivity index (χ0n) is 8.06. The molecule has 1 heterocycles. The lowest BCUT2D eigenvalue weighted by Gasteiger charge is -2.03. The van der Waals surface area contributed by atoms with Crippen LogP contribution in [0, 0.1) is 4.77 Å². The Balaban J connectivity index is 2.74. The van der Waals surface area contributed by atoms with Gasteiger partial charge in [-0.2, -0.15) is 0 Å². The van der Waals surface area contributed by atoms with E-state index in [9.17, 15) is 0 Å². The van der Waals surface area contributed by atoms with Gasteiger partial charge in [0.15, 0.2) is 4.77 Å². The molecule has 0 aliphatic heterocycles. The molecule has 0 unspecified atom stereocenters. The van der Waals surface area contributed by atoms with E-state index in [4.69, 9.17) is 35.4 Å². The van der Waals surface area contributed by atoms with E-state index in [1.54, 1.807) is 12.1 Å². The number of nitrogens with zero attached hydrogens (tertiary/aromatic N) is 1. The highest BCUT2D eigenvalue weighted by Gasteiger charge is 2.08. The first kappa shape index (κ1) is 12.2. The summed E-state index contributed by atoms with van der Waals surface area (Å²) >= 11 is 20.4. The molecule has 0 saturated heterocycles. The second-order valence-corrected chi connectivity index (χ2v) is 5.64. The van der Waals surface area contributed by atoms with E-state index >= 15 is 0 Å². The van der Waals surface area contributed by atoms with Gasteiger partial charge in [-0.15, -0.1) is 0 Å². The van der Waals surface area contributed by atoms with Crippen molar-refractivity contribution in [3.63, 3.8) is 0 Å². The van der Waals surface area contributed by atoms with Crippen molar-refractivity contribution in [1.82, 2.24) is 9.55 Å². The van der Waals surface area contributed by atoms with E-state index in [0.29, 0.717) is 21.4 Å². The number of nitrogens with one attached hydrogen (secondary N) is 1. The first-order valence-corrected chi connectivity index (χ1v) is 6.35. The Morgan fingerprint density at radius 3 is 2.69 bits per heavy atom. The zero-order valence-corrected chi connectivity index (χ0v) is 12.0. The molecule has 0 aliphatic carbocycles. The molecule has 0 atom stereocenters. The van der Waals surface area contributed by atoms with Gasteiger partial charge in [-0.25, -0.2) is 0 Å². The number of H-pyrrole nitrogens is 1. The minimum atomic E-state index is 0.509. The number of aromatic nitrogens is 2. The molecule has 0 radical (unpaired) electrons. The lowest BCUT2D eigenvalue weighted by atomic mass is 10.3. The number of hydrogen-bond acceptors (Lipinski definition) is 1. The van der Waals surface area contributed by atoms with Crippen LogP contribution in [0.4, 0.5) is 0 Å². The van der Waals surface area contributed by atoms with Gasteiger partial charge >= 0.3 is 0 Å². The van der Waals surface area contributed by atoms with Crippen LogP contribution in [0.15, 0.2) is 23.2 Å². The summed E-state index contributed by atoms with van der Waals surface area (Å²) in [5.41, 5.74) is 1.79. The van der Waals surface area contributed by atoms with E-state index in [-0.39, 0.29) is 0 Å². The van der Waals surface area contributed by atoms with Gasteiger partial charge in [0.25, 0.3) is 0 Å². The summed E-state index contributed by atoms with van der Waals surface area (Å²) in [5, 5.41) is 1.02. The first-order chi connectivity index (χ1) is 7.49. The lowest BCUT2D eigenvalue weighted by Crippen LogP contribution is -1.96. The van der Waals surface area contributed by atoms with Crippen LogP contribution in [0.25, 0.3) is 11.0 Å². The van der Waals surface area contributed by atoms with Gasteiger partial charge in [0, 0.05) is 4.48 Å². The summed E-state index contributed by atoms with van der Waals surface area (Å²) in [4.78, 5) is 3.07. The molecule has 2 nitrogen and oxygen atoms in total. The van der Waals surface area contributed by atoms with Gasteiger partial charge < -0.3 is 9.55 Å². The third-order valence-corrected chi connectivity index (χ3v) is 3.44. The van der Waals surface area contributed by atoms with Crippen LogP contribution in [-0.2, 0) is 6.54 Å². The maximum absolute atomic E-state index is 5.98. The van der Waals surface area contributed by atoms with Crippen molar-refractivity contribution in [2.45, 2.75) is 6.54 Å². The second-order valence-electron chi connectivity index (χ2n) is 3.32. The molecule has 0 aliphatic rings. The predicted octanol–water partition coefficient (Wildman–Crippen LogP) is 4.91. The third-order valence-electron chi connectivity index (χ3n) is 2.15. The van der Waals surface area contributed by atoms with Crippen LogP contribution in [0.2, 0.25) is 10.0 Å². The molecule has 6 heteroatoms. The van der Waals surface area contributed by atoms with E-state index in [2.05, 4.69) is 27.5 Å². The number of benzene rings is 1. The van der Waals surface area contributed by atoms with Crippen molar-refractivity contribution in [3.8, 4) is 0 Å². The zero-order chi connectivity index (χ0) is 11.9. The Labute approximate surface area is 116 Å². The molecule has 2 aromatic rings. The molecule has 1 aromatic carbocycles. The molecular weight excluding hydrogens is 331 g/mol. The van der Waals surface area contributed by atoms with Crippen molar-refractivity contribution < 1.29 is 0 Å². The Morgan fingerprint density at radius 2 is 2.06 bits per heavy atom. The molecule has 2 rings (SSSR count). The topological polar surface area (TPSA) is 20.7 Å². The summed E-state index contributed by atoms with van der Waals surface area (Å²) in [6.45, 7) is 4.39. The molecule has 0 bridgehead atoms. The number of imidazole rings is 1. The maximum atomic E-state index is 5.98. The summed E-state index contributed by atoms with van der Waals surface area (Å²) in [6, 6.07) is 3.56. The Bertz CT molecular complexity index is 630. The van der Waals surface area contributed by atoms with Crippen LogP contribution in [-0.4, -0.2) is 9.55 Å². The fourth-order valence-electron chi connectivity index (χ4n) is 1.48. The molecule has 1 N–H and O–H groups in total. The lowest BCUT2D eigenvalue weighted by molar-refractivity contribution is 0.829. The van der Waals surface area contributed by atoms with Crippen molar-refractivity contribution in [2.24, 2.45) is 0 Å². The number of hydrogen-bond donors (Lipinski definition) is 1. The molecule has 0 spiro atoms. The van der Waals surface area contributed by atoms with Crippen LogP contribution in [0.3, 0.4) is 0 Å². The van der Waals surface area contributed by atoms with Crippen molar-refractivity contribution in [1.29, 1.82) is 0 Å². The molecule has 0 amide bonds. The number of halogens is 3. The highest BCUT2D eigenvalue weighted by Crippen LogP contribution is 2.28. The van der Waals surface area contributed by atoms with Gasteiger partial charge in [-0.1, -0.05) is 45.7 Å². The average molecular weight is 338 g/mol. The van der Waals surface area contributed by atoms with Crippen LogP contribution >= 0.6 is 51.3 Å². The smallest absolute Gasteiger partial charge is 0.178 e. The van der Waals surface area contributed by atoms with Crippen molar-refractivity contribution in [2.75, 3.05) is 0 Å². The minimum absolute atomic E-state index is 0.509. The van der Waals surface area contributed by atoms with Crippen LogP contribution < -0.4 is 0 Å². The summed E-state index contributed by atoms with van der Waals surface area (Å²) in [5.74, 6) is 0. The van der Waals surface area contributed by atoms with Gasteiger partial charge in [0.2, 0.25) is 0 Å². The number of rotatable bonds is 2. The van der Waals surface area contributed by atoms with Gasteiger partial charge in [0.05, 0.1) is 27.6 Å². The van der Waals surface area contributed by atoms with E-state index < -0.39 is 0 Å². The summed E-state index contributed by atoms with van der Waals surface area (Å²) in [6.07, 6.45) is 0. The van der Waals surface area contributed by atoms with E-state index in [1.165, 1.54) is 0 Å². The Morgan fingerprint density at radius 1 is 1.44 bits per heavy atom. The first-order valence-electron chi connectivity index (χ1n) is 4.40. The largest absolute Gasteiger partial charge is 0.331 e. The predicted molar refractivity (Wildman–Crippen MR) is 75.2 cm³/mol. The second kappa shape index (κ2) is 4.53. The summed E-state index contributed by atoms with van der Waals surface area (Å²) in [7, 11) is 0. The normalized spacial score (nSPS) is 10.9. The maximum Gasteiger partial charge on any atom is 0.178 e.